The summed E-state index contributed by atoms with van der Waals surface area (Å²) in [6, 6.07) is 6.99. The van der Waals surface area contributed by atoms with Crippen molar-refractivity contribution in [2.24, 2.45) is 5.92 Å². The highest BCUT2D eigenvalue weighted by molar-refractivity contribution is 7.89. The molecule has 1 aliphatic heterocycles. The van der Waals surface area contributed by atoms with E-state index in [0.29, 0.717) is 18.0 Å². The van der Waals surface area contributed by atoms with Crippen molar-refractivity contribution in [3.63, 3.8) is 0 Å². The van der Waals surface area contributed by atoms with Crippen molar-refractivity contribution in [1.82, 2.24) is 15.4 Å². The van der Waals surface area contributed by atoms with Gasteiger partial charge in [0.05, 0.1) is 5.75 Å². The monoisotopic (exact) mass is 339 g/mol. The highest BCUT2D eigenvalue weighted by atomic mass is 32.2. The first-order valence-corrected chi connectivity index (χ1v) is 9.70. The van der Waals surface area contributed by atoms with Crippen molar-refractivity contribution in [3.05, 3.63) is 35.4 Å². The number of sulfonamides is 1. The van der Waals surface area contributed by atoms with Crippen LogP contribution >= 0.6 is 0 Å². The molecule has 1 amide bonds. The van der Waals surface area contributed by atoms with Crippen LogP contribution in [0.4, 0.5) is 0 Å². The van der Waals surface area contributed by atoms with Gasteiger partial charge >= 0.3 is 0 Å². The smallest absolute Gasteiger partial charge is 0.251 e. The van der Waals surface area contributed by atoms with Crippen LogP contribution in [-0.2, 0) is 16.6 Å². The molecule has 0 radical (unpaired) electrons. The third-order valence-corrected chi connectivity index (χ3v) is 5.44. The first kappa shape index (κ1) is 17.9. The fourth-order valence-corrected chi connectivity index (χ4v) is 3.11. The molecule has 1 aromatic rings. The van der Waals surface area contributed by atoms with Crippen molar-refractivity contribution in [3.8, 4) is 0 Å². The number of nitrogens with one attached hydrogen (secondary N) is 3. The molecule has 6 nitrogen and oxygen atoms in total. The highest BCUT2D eigenvalue weighted by Gasteiger charge is 2.14. The Morgan fingerprint density at radius 3 is 2.65 bits per heavy atom. The van der Waals surface area contributed by atoms with E-state index in [1.807, 2.05) is 0 Å². The summed E-state index contributed by atoms with van der Waals surface area (Å²) in [6.45, 7) is 4.63. The molecule has 0 saturated carbocycles. The molecule has 1 atom stereocenters. The van der Waals surface area contributed by atoms with E-state index >= 15 is 0 Å². The summed E-state index contributed by atoms with van der Waals surface area (Å²) < 4.78 is 25.3. The lowest BCUT2D eigenvalue weighted by Gasteiger charge is -2.10. The molecule has 1 aromatic carbocycles. The minimum Gasteiger partial charge on any atom is -0.352 e. The average molecular weight is 339 g/mol. The van der Waals surface area contributed by atoms with Crippen LogP contribution in [0.1, 0.15) is 35.7 Å². The zero-order valence-electron chi connectivity index (χ0n) is 13.5. The van der Waals surface area contributed by atoms with E-state index in [2.05, 4.69) is 15.4 Å². The standard InChI is InChI=1S/C16H25N3O3S/c1-2-23(21,22)19-12-13-3-5-15(6-4-13)16(20)18-10-8-14-7-9-17-11-14/h3-6,14,17,19H,2,7-12H2,1H3,(H,18,20). The van der Waals surface area contributed by atoms with Crippen LogP contribution < -0.4 is 15.4 Å². The number of rotatable bonds is 8. The Morgan fingerprint density at radius 1 is 1.30 bits per heavy atom. The van der Waals surface area contributed by atoms with E-state index < -0.39 is 10.0 Å². The summed E-state index contributed by atoms with van der Waals surface area (Å²) in [4.78, 5) is 12.1. The summed E-state index contributed by atoms with van der Waals surface area (Å²) >= 11 is 0. The molecule has 0 aromatic heterocycles. The minimum absolute atomic E-state index is 0.0595. The van der Waals surface area contributed by atoms with Gasteiger partial charge in [-0.25, -0.2) is 13.1 Å². The van der Waals surface area contributed by atoms with E-state index in [1.54, 1.807) is 31.2 Å². The highest BCUT2D eigenvalue weighted by Crippen LogP contribution is 2.11. The molecule has 23 heavy (non-hydrogen) atoms. The predicted molar refractivity (Wildman–Crippen MR) is 90.7 cm³/mol. The van der Waals surface area contributed by atoms with Gasteiger partial charge in [-0.1, -0.05) is 12.1 Å². The first-order valence-electron chi connectivity index (χ1n) is 8.05. The number of carbonyl (C=O) groups is 1. The number of amides is 1. The third kappa shape index (κ3) is 5.93. The Bertz CT molecular complexity index is 608. The summed E-state index contributed by atoms with van der Waals surface area (Å²) in [5.74, 6) is 0.630. The zero-order valence-corrected chi connectivity index (χ0v) is 14.3. The third-order valence-electron chi connectivity index (χ3n) is 4.09. The molecule has 3 N–H and O–H groups in total. The molecule has 0 spiro atoms. The van der Waals surface area contributed by atoms with Crippen LogP contribution in [0.25, 0.3) is 0 Å². The van der Waals surface area contributed by atoms with E-state index in [9.17, 15) is 13.2 Å². The quantitative estimate of drug-likeness (QED) is 0.655. The molecule has 128 valence electrons. The summed E-state index contributed by atoms with van der Waals surface area (Å²) in [5, 5.41) is 6.25. The van der Waals surface area contributed by atoms with Gasteiger partial charge in [-0.3, -0.25) is 4.79 Å². The second-order valence-corrected chi connectivity index (χ2v) is 7.92. The molecule has 1 saturated heterocycles. The molecule has 0 aliphatic carbocycles. The summed E-state index contributed by atoms with van der Waals surface area (Å²) in [7, 11) is -3.20. The van der Waals surface area contributed by atoms with Crippen LogP contribution in [0.5, 0.6) is 0 Å². The summed E-state index contributed by atoms with van der Waals surface area (Å²) in [5.41, 5.74) is 1.42. The van der Waals surface area contributed by atoms with Gasteiger partial charge in [0.25, 0.3) is 5.91 Å². The van der Waals surface area contributed by atoms with Crippen molar-refractivity contribution in [2.45, 2.75) is 26.3 Å². The normalized spacial score (nSPS) is 18.0. The van der Waals surface area contributed by atoms with Gasteiger partial charge in [-0.2, -0.15) is 0 Å². The van der Waals surface area contributed by atoms with Gasteiger partial charge in [-0.05, 0) is 56.5 Å². The van der Waals surface area contributed by atoms with Crippen molar-refractivity contribution >= 4 is 15.9 Å². The first-order chi connectivity index (χ1) is 11.0. The molecule has 7 heteroatoms. The van der Waals surface area contributed by atoms with Crippen molar-refractivity contribution in [1.29, 1.82) is 0 Å². The Morgan fingerprint density at radius 2 is 2.04 bits per heavy atom. The Labute approximate surface area is 138 Å². The number of carbonyl (C=O) groups excluding carboxylic acids is 1. The summed E-state index contributed by atoms with van der Waals surface area (Å²) in [6.07, 6.45) is 2.17. The molecule has 1 aliphatic rings. The topological polar surface area (TPSA) is 87.3 Å². The minimum atomic E-state index is -3.20. The number of hydrogen-bond donors (Lipinski definition) is 3. The molecule has 2 rings (SSSR count). The largest absolute Gasteiger partial charge is 0.352 e. The predicted octanol–water partition coefficient (Wildman–Crippen LogP) is 0.855. The average Bonchev–Trinajstić information content (AvgIpc) is 3.07. The number of benzene rings is 1. The van der Waals surface area contributed by atoms with Gasteiger partial charge in [0, 0.05) is 18.7 Å². The fraction of sp³-hybridized carbons (Fsp3) is 0.562. The van der Waals surface area contributed by atoms with E-state index in [0.717, 1.165) is 25.1 Å². The van der Waals surface area contributed by atoms with E-state index in [1.165, 1.54) is 6.42 Å². The Kier molecular flexibility index (Phi) is 6.56. The number of hydrogen-bond acceptors (Lipinski definition) is 4. The molecule has 1 fully saturated rings. The maximum Gasteiger partial charge on any atom is 0.251 e. The lowest BCUT2D eigenvalue weighted by Crippen LogP contribution is -2.26. The molecule has 1 unspecified atom stereocenters. The van der Waals surface area contributed by atoms with Gasteiger partial charge in [0.2, 0.25) is 10.0 Å². The molecule has 1 heterocycles. The maximum absolute atomic E-state index is 12.1. The van der Waals surface area contributed by atoms with Crippen LogP contribution in [-0.4, -0.2) is 39.7 Å². The van der Waals surface area contributed by atoms with E-state index in [4.69, 9.17) is 0 Å². The zero-order chi connectivity index (χ0) is 16.7. The van der Waals surface area contributed by atoms with E-state index in [-0.39, 0.29) is 18.2 Å². The van der Waals surface area contributed by atoms with Crippen LogP contribution in [0.15, 0.2) is 24.3 Å². The molecular weight excluding hydrogens is 314 g/mol. The Balaban J connectivity index is 1.77. The molecule has 0 bridgehead atoms. The molecular formula is C16H25N3O3S. The van der Waals surface area contributed by atoms with Crippen LogP contribution in [0.2, 0.25) is 0 Å². The SMILES string of the molecule is CCS(=O)(=O)NCc1ccc(C(=O)NCCC2CCNC2)cc1. The Hall–Kier alpha value is -1.44. The van der Waals surface area contributed by atoms with Gasteiger partial charge in [0.1, 0.15) is 0 Å². The van der Waals surface area contributed by atoms with Crippen LogP contribution in [0, 0.1) is 5.92 Å². The van der Waals surface area contributed by atoms with Crippen molar-refractivity contribution < 1.29 is 13.2 Å². The second-order valence-electron chi connectivity index (χ2n) is 5.82. The van der Waals surface area contributed by atoms with Gasteiger partial charge in [0.15, 0.2) is 0 Å². The lowest BCUT2D eigenvalue weighted by molar-refractivity contribution is 0.0951. The van der Waals surface area contributed by atoms with Gasteiger partial charge in [-0.15, -0.1) is 0 Å². The second kappa shape index (κ2) is 8.42. The fourth-order valence-electron chi connectivity index (χ4n) is 2.52. The maximum atomic E-state index is 12.1. The van der Waals surface area contributed by atoms with Crippen molar-refractivity contribution in [2.75, 3.05) is 25.4 Å². The lowest BCUT2D eigenvalue weighted by atomic mass is 10.1. The van der Waals surface area contributed by atoms with Crippen LogP contribution in [0.3, 0.4) is 0 Å². The van der Waals surface area contributed by atoms with Gasteiger partial charge < -0.3 is 10.6 Å².